The van der Waals surface area contributed by atoms with Gasteiger partial charge in [-0.2, -0.15) is 0 Å². The van der Waals surface area contributed by atoms with Gasteiger partial charge in [0.1, 0.15) is 5.69 Å². The first-order valence-electron chi connectivity index (χ1n) is 7.50. The highest BCUT2D eigenvalue weighted by Gasteiger charge is 2.25. The van der Waals surface area contributed by atoms with Crippen LogP contribution in [0.3, 0.4) is 0 Å². The van der Waals surface area contributed by atoms with Crippen molar-refractivity contribution in [1.82, 2.24) is 15.4 Å². The highest BCUT2D eigenvalue weighted by Crippen LogP contribution is 2.32. The van der Waals surface area contributed by atoms with Crippen LogP contribution in [-0.4, -0.2) is 36.2 Å². The van der Waals surface area contributed by atoms with Gasteiger partial charge in [0, 0.05) is 18.7 Å². The Labute approximate surface area is 137 Å². The van der Waals surface area contributed by atoms with Crippen molar-refractivity contribution in [1.29, 1.82) is 0 Å². The van der Waals surface area contributed by atoms with Crippen LogP contribution < -0.4 is 5.32 Å². The molecule has 118 valence electrons. The number of aryl methyl sites for hydroxylation is 1. The van der Waals surface area contributed by atoms with Crippen molar-refractivity contribution in [3.8, 4) is 11.3 Å². The van der Waals surface area contributed by atoms with Crippen molar-refractivity contribution in [3.63, 3.8) is 0 Å². The van der Waals surface area contributed by atoms with Crippen LogP contribution in [0, 0.1) is 6.92 Å². The number of benzene rings is 1. The Morgan fingerprint density at radius 3 is 2.77 bits per heavy atom. The molecule has 2 heterocycles. The van der Waals surface area contributed by atoms with Gasteiger partial charge in [0.25, 0.3) is 0 Å². The zero-order valence-electron chi connectivity index (χ0n) is 13.4. The van der Waals surface area contributed by atoms with E-state index in [1.807, 2.05) is 0 Å². The van der Waals surface area contributed by atoms with Gasteiger partial charge in [-0.1, -0.05) is 41.1 Å². The second-order valence-corrected chi connectivity index (χ2v) is 5.77. The number of nitrogens with zero attached hydrogens (tertiary/aromatic N) is 2. The zero-order chi connectivity index (χ0) is 15.9. The highest BCUT2D eigenvalue weighted by atomic mass is 32.1. The molecule has 0 radical (unpaired) electrons. The quantitative estimate of drug-likeness (QED) is 0.876. The van der Waals surface area contributed by atoms with Gasteiger partial charge in [-0.05, 0) is 39.4 Å². The molecule has 1 aromatic carbocycles. The summed E-state index contributed by atoms with van der Waals surface area (Å²) in [6.07, 6.45) is 2.42. The Balaban J connectivity index is 0.000000396. The van der Waals surface area contributed by atoms with Gasteiger partial charge in [0.2, 0.25) is 0 Å². The van der Waals surface area contributed by atoms with Crippen molar-refractivity contribution < 1.29 is 4.52 Å². The smallest absolute Gasteiger partial charge is 0.167 e. The molecule has 1 atom stereocenters. The molecule has 22 heavy (non-hydrogen) atoms. The lowest BCUT2D eigenvalue weighted by Crippen LogP contribution is -2.17. The maximum atomic E-state index is 5.49. The molecule has 1 aliphatic rings. The van der Waals surface area contributed by atoms with Crippen molar-refractivity contribution in [2.75, 3.05) is 20.6 Å². The van der Waals surface area contributed by atoms with E-state index >= 15 is 0 Å². The average molecular weight is 317 g/mol. The van der Waals surface area contributed by atoms with Crippen LogP contribution in [0.1, 0.15) is 30.1 Å². The normalized spacial score (nSPS) is 17.7. The van der Waals surface area contributed by atoms with Gasteiger partial charge in [-0.3, -0.25) is 4.90 Å². The Morgan fingerprint density at radius 2 is 2.18 bits per heavy atom. The number of nitrogens with one attached hydrogen (secondary N) is 1. The number of hydrogen-bond acceptors (Lipinski definition) is 4. The van der Waals surface area contributed by atoms with Crippen LogP contribution in [-0.2, 0) is 0 Å². The Kier molecular flexibility index (Phi) is 6.10. The van der Waals surface area contributed by atoms with E-state index in [0.717, 1.165) is 23.6 Å². The third kappa shape index (κ3) is 4.15. The number of thiocarbonyl (C=S) groups is 1. The fourth-order valence-corrected chi connectivity index (χ4v) is 2.66. The van der Waals surface area contributed by atoms with Crippen LogP contribution >= 0.6 is 12.2 Å². The van der Waals surface area contributed by atoms with Gasteiger partial charge in [0.05, 0.1) is 11.5 Å². The lowest BCUT2D eigenvalue weighted by atomic mass is 10.1. The fourth-order valence-electron chi connectivity index (χ4n) is 2.66. The summed E-state index contributed by atoms with van der Waals surface area (Å²) in [7, 11) is 3.92. The number of likely N-dealkylation sites (tertiary alicyclic amines) is 1. The molecule has 3 rings (SSSR count). The molecule has 4 nitrogen and oxygen atoms in total. The lowest BCUT2D eigenvalue weighted by Gasteiger charge is -2.15. The number of aromatic nitrogens is 1. The summed E-state index contributed by atoms with van der Waals surface area (Å²) in [6.45, 7) is 3.24. The van der Waals surface area contributed by atoms with Crippen molar-refractivity contribution in [2.24, 2.45) is 0 Å². The minimum absolute atomic E-state index is 0.423. The predicted molar refractivity (Wildman–Crippen MR) is 94.0 cm³/mol. The first-order valence-corrected chi connectivity index (χ1v) is 7.97. The average Bonchev–Trinajstić information content (AvgIpc) is 3.16. The molecule has 1 N–H and O–H groups in total. The molecule has 0 amide bonds. The molecule has 0 spiro atoms. The third-order valence-corrected chi connectivity index (χ3v) is 4.05. The third-order valence-electron chi connectivity index (χ3n) is 3.81. The molecule has 1 aliphatic heterocycles. The molecular weight excluding hydrogens is 294 g/mol. The van der Waals surface area contributed by atoms with Gasteiger partial charge in [-0.15, -0.1) is 0 Å². The van der Waals surface area contributed by atoms with Gasteiger partial charge in [0.15, 0.2) is 5.76 Å². The summed E-state index contributed by atoms with van der Waals surface area (Å²) in [5, 5.41) is 6.86. The molecule has 2 aromatic rings. The first-order chi connectivity index (χ1) is 10.7. The van der Waals surface area contributed by atoms with E-state index in [-0.39, 0.29) is 0 Å². The summed E-state index contributed by atoms with van der Waals surface area (Å²) in [4.78, 5) is 2.35. The molecule has 1 aromatic heterocycles. The maximum absolute atomic E-state index is 5.49. The summed E-state index contributed by atoms with van der Waals surface area (Å²) in [5.41, 5.74) is 4.87. The molecule has 0 aliphatic carbocycles. The second-order valence-electron chi connectivity index (χ2n) is 5.53. The van der Waals surface area contributed by atoms with E-state index in [1.54, 1.807) is 7.05 Å². The SMILES string of the molecule is CNC=S.Cc1cccc(-c2cc(C3CCCN3C)no2)c1. The van der Waals surface area contributed by atoms with Crippen molar-refractivity contribution in [2.45, 2.75) is 25.8 Å². The Hall–Kier alpha value is -1.72. The maximum Gasteiger partial charge on any atom is 0.167 e. The van der Waals surface area contributed by atoms with Gasteiger partial charge in [-0.25, -0.2) is 0 Å². The van der Waals surface area contributed by atoms with E-state index in [0.29, 0.717) is 6.04 Å². The molecule has 1 unspecified atom stereocenters. The summed E-state index contributed by atoms with van der Waals surface area (Å²) >= 11 is 4.32. The minimum Gasteiger partial charge on any atom is -0.385 e. The van der Waals surface area contributed by atoms with E-state index in [2.05, 4.69) is 71.9 Å². The van der Waals surface area contributed by atoms with Crippen molar-refractivity contribution >= 4 is 17.7 Å². The number of rotatable bonds is 3. The van der Waals surface area contributed by atoms with E-state index < -0.39 is 0 Å². The highest BCUT2D eigenvalue weighted by molar-refractivity contribution is 7.78. The molecule has 0 bridgehead atoms. The Morgan fingerprint density at radius 1 is 1.41 bits per heavy atom. The van der Waals surface area contributed by atoms with Crippen LogP contribution in [0.25, 0.3) is 11.3 Å². The second kappa shape index (κ2) is 8.06. The van der Waals surface area contributed by atoms with Crippen molar-refractivity contribution in [3.05, 3.63) is 41.6 Å². The standard InChI is InChI=1S/C15H18N2O.C2H5NS/c1-11-5-3-6-12(9-11)15-10-13(16-18-15)14-7-4-8-17(14)2;1-3-2-4/h3,5-6,9-10,14H,4,7-8H2,1-2H3;2H,1H3,(H,3,4). The van der Waals surface area contributed by atoms with Crippen LogP contribution in [0.15, 0.2) is 34.9 Å². The molecular formula is C17H23N3OS. The summed E-state index contributed by atoms with van der Waals surface area (Å²) in [6, 6.07) is 10.8. The zero-order valence-corrected chi connectivity index (χ0v) is 14.2. The topological polar surface area (TPSA) is 41.3 Å². The first kappa shape index (κ1) is 16.6. The van der Waals surface area contributed by atoms with E-state index in [1.165, 1.54) is 23.9 Å². The monoisotopic (exact) mass is 317 g/mol. The predicted octanol–water partition coefficient (Wildman–Crippen LogP) is 3.58. The summed E-state index contributed by atoms with van der Waals surface area (Å²) < 4.78 is 5.49. The van der Waals surface area contributed by atoms with Gasteiger partial charge < -0.3 is 9.84 Å². The molecule has 0 saturated carbocycles. The molecule has 1 fully saturated rings. The lowest BCUT2D eigenvalue weighted by molar-refractivity contribution is 0.298. The number of hydrogen-bond donors (Lipinski definition) is 1. The van der Waals surface area contributed by atoms with E-state index in [4.69, 9.17) is 4.52 Å². The minimum atomic E-state index is 0.423. The van der Waals surface area contributed by atoms with Crippen LogP contribution in [0.2, 0.25) is 0 Å². The molecule has 1 saturated heterocycles. The van der Waals surface area contributed by atoms with Gasteiger partial charge >= 0.3 is 0 Å². The van der Waals surface area contributed by atoms with E-state index in [9.17, 15) is 0 Å². The largest absolute Gasteiger partial charge is 0.385 e. The van der Waals surface area contributed by atoms with Crippen LogP contribution in [0.4, 0.5) is 0 Å². The van der Waals surface area contributed by atoms with Crippen LogP contribution in [0.5, 0.6) is 0 Å². The Bertz CT molecular complexity index is 611. The summed E-state index contributed by atoms with van der Waals surface area (Å²) in [5.74, 6) is 0.869. The molecule has 5 heteroatoms. The fraction of sp³-hybridized carbons (Fsp3) is 0.412.